The van der Waals surface area contributed by atoms with Crippen LogP contribution in [0.2, 0.25) is 5.02 Å². The molecule has 0 bridgehead atoms. The average Bonchev–Trinajstić information content (AvgIpc) is 3.43. The molecule has 252 valence electrons. The molecule has 0 unspecified atom stereocenters. The number of alkyl halides is 3. The van der Waals surface area contributed by atoms with E-state index in [2.05, 4.69) is 5.32 Å². The molecule has 0 fully saturated rings. The lowest BCUT2D eigenvalue weighted by atomic mass is 10.0. The maximum atomic E-state index is 14.0. The van der Waals surface area contributed by atoms with Gasteiger partial charge in [0.1, 0.15) is 24.0 Å². The number of ether oxygens (including phenoxy) is 2. The molecular formula is C35H32ClF3N2O6S. The number of carbonyl (C=O) groups excluding carboxylic acids is 2. The van der Waals surface area contributed by atoms with Crippen LogP contribution >= 0.6 is 11.6 Å². The molecule has 1 aliphatic rings. The van der Waals surface area contributed by atoms with E-state index >= 15 is 0 Å². The zero-order valence-corrected chi connectivity index (χ0v) is 27.7. The van der Waals surface area contributed by atoms with E-state index < -0.39 is 45.3 Å². The maximum absolute atomic E-state index is 14.0. The first kappa shape index (κ1) is 34.8. The van der Waals surface area contributed by atoms with Crippen LogP contribution in [0.3, 0.4) is 0 Å². The Bertz CT molecular complexity index is 1930. The Hall–Kier alpha value is -4.55. The van der Waals surface area contributed by atoms with Crippen molar-refractivity contribution in [1.82, 2.24) is 5.32 Å². The van der Waals surface area contributed by atoms with Crippen molar-refractivity contribution >= 4 is 39.2 Å². The van der Waals surface area contributed by atoms with Gasteiger partial charge in [0.05, 0.1) is 28.3 Å². The lowest BCUT2D eigenvalue weighted by Gasteiger charge is -2.26. The van der Waals surface area contributed by atoms with Gasteiger partial charge in [0.15, 0.2) is 0 Å². The third-order valence-corrected chi connectivity index (χ3v) is 9.57. The summed E-state index contributed by atoms with van der Waals surface area (Å²) in [5.41, 5.74) is 0.249. The van der Waals surface area contributed by atoms with Crippen LogP contribution in [0.1, 0.15) is 42.3 Å². The summed E-state index contributed by atoms with van der Waals surface area (Å²) < 4.78 is 80.0. The van der Waals surface area contributed by atoms with E-state index in [0.29, 0.717) is 28.1 Å². The van der Waals surface area contributed by atoms with Crippen LogP contribution in [0.15, 0.2) is 95.9 Å². The SMILES string of the molecule is CC(C)(C)OC(=O)c1ccc(OCCNC(=O)[C@@H]2Cc3ccccc3N2S(=O)(=O)c2ccc(-c3cc(C(F)(F)F)ccc3Cl)cc2)cc1. The molecule has 1 amide bonds. The third kappa shape index (κ3) is 7.77. The number of nitrogens with one attached hydrogen (secondary N) is 1. The molecule has 0 spiro atoms. The minimum absolute atomic E-state index is 0.0693. The molecule has 0 saturated heterocycles. The number of esters is 1. The van der Waals surface area contributed by atoms with Gasteiger partial charge < -0.3 is 14.8 Å². The molecule has 0 aromatic heterocycles. The molecule has 8 nitrogen and oxygen atoms in total. The number of sulfonamides is 1. The summed E-state index contributed by atoms with van der Waals surface area (Å²) in [6.45, 7) is 5.46. The second-order valence-electron chi connectivity index (χ2n) is 12.0. The summed E-state index contributed by atoms with van der Waals surface area (Å²) in [6, 6.07) is 20.3. The topological polar surface area (TPSA) is 102 Å². The number of hydrogen-bond donors (Lipinski definition) is 1. The molecule has 0 saturated carbocycles. The summed E-state index contributed by atoms with van der Waals surface area (Å²) in [5, 5.41) is 2.82. The number of amides is 1. The van der Waals surface area contributed by atoms with Gasteiger partial charge in [0, 0.05) is 17.0 Å². The smallest absolute Gasteiger partial charge is 0.416 e. The van der Waals surface area contributed by atoms with E-state index in [9.17, 15) is 31.2 Å². The van der Waals surface area contributed by atoms with Crippen molar-refractivity contribution in [3.05, 3.63) is 113 Å². The Morgan fingerprint density at radius 1 is 0.938 bits per heavy atom. The van der Waals surface area contributed by atoms with Crippen molar-refractivity contribution in [2.45, 2.75) is 49.9 Å². The zero-order valence-electron chi connectivity index (χ0n) is 26.2. The van der Waals surface area contributed by atoms with E-state index in [1.807, 2.05) is 0 Å². The highest BCUT2D eigenvalue weighted by molar-refractivity contribution is 7.93. The molecular weight excluding hydrogens is 669 g/mol. The Morgan fingerprint density at radius 2 is 1.60 bits per heavy atom. The fraction of sp³-hybridized carbons (Fsp3) is 0.257. The highest BCUT2D eigenvalue weighted by Crippen LogP contribution is 2.39. The van der Waals surface area contributed by atoms with Crippen molar-refractivity contribution < 1.29 is 40.7 Å². The summed E-state index contributed by atoms with van der Waals surface area (Å²) in [6.07, 6.45) is -4.45. The van der Waals surface area contributed by atoms with E-state index in [-0.39, 0.29) is 35.1 Å². The lowest BCUT2D eigenvalue weighted by molar-refractivity contribution is -0.137. The van der Waals surface area contributed by atoms with Crippen molar-refractivity contribution in [3.8, 4) is 16.9 Å². The Kier molecular flexibility index (Phi) is 9.79. The molecule has 13 heteroatoms. The number of fused-ring (bicyclic) bond motifs is 1. The quantitative estimate of drug-likeness (QED) is 0.145. The number of anilines is 1. The molecule has 0 aliphatic carbocycles. The van der Waals surface area contributed by atoms with Crippen LogP contribution in [-0.2, 0) is 32.2 Å². The monoisotopic (exact) mass is 700 g/mol. The Morgan fingerprint density at radius 3 is 2.25 bits per heavy atom. The van der Waals surface area contributed by atoms with Crippen LogP contribution in [0.25, 0.3) is 11.1 Å². The predicted molar refractivity (Wildman–Crippen MR) is 176 cm³/mol. The first-order valence-corrected chi connectivity index (χ1v) is 16.7. The number of para-hydroxylation sites is 1. The van der Waals surface area contributed by atoms with Crippen LogP contribution in [0.4, 0.5) is 18.9 Å². The first-order chi connectivity index (χ1) is 22.5. The van der Waals surface area contributed by atoms with Crippen molar-refractivity contribution in [3.63, 3.8) is 0 Å². The molecule has 1 heterocycles. The van der Waals surface area contributed by atoms with Gasteiger partial charge in [0.25, 0.3) is 10.0 Å². The summed E-state index contributed by atoms with van der Waals surface area (Å²) in [5.74, 6) is -0.538. The number of benzene rings is 4. The largest absolute Gasteiger partial charge is 0.492 e. The number of halogens is 4. The molecule has 1 atom stereocenters. The average molecular weight is 701 g/mol. The standard InChI is InChI=1S/C35H32ClF3N2O6S/c1-34(2,3)47-33(43)23-8-13-26(14-9-23)46-19-18-40-32(42)31-20-24-6-4-5-7-30(24)41(31)48(44,45)27-15-10-22(11-16-27)28-21-25(35(37,38)39)12-17-29(28)36/h4-17,21,31H,18-20H2,1-3H3,(H,40,42)/t31-/m0/s1. The van der Waals surface area contributed by atoms with Gasteiger partial charge in [0.2, 0.25) is 5.91 Å². The normalized spacial score (nSPS) is 14.7. The van der Waals surface area contributed by atoms with Gasteiger partial charge in [-0.3, -0.25) is 9.10 Å². The highest BCUT2D eigenvalue weighted by Gasteiger charge is 2.42. The third-order valence-electron chi connectivity index (χ3n) is 7.40. The van der Waals surface area contributed by atoms with Gasteiger partial charge in [-0.05, 0) is 92.6 Å². The van der Waals surface area contributed by atoms with Crippen LogP contribution < -0.4 is 14.4 Å². The number of hydrogen-bond acceptors (Lipinski definition) is 6. The highest BCUT2D eigenvalue weighted by atomic mass is 35.5. The summed E-state index contributed by atoms with van der Waals surface area (Å²) >= 11 is 6.18. The summed E-state index contributed by atoms with van der Waals surface area (Å²) in [7, 11) is -4.29. The number of rotatable bonds is 9. The predicted octanol–water partition coefficient (Wildman–Crippen LogP) is 7.30. The van der Waals surface area contributed by atoms with Gasteiger partial charge >= 0.3 is 12.1 Å². The van der Waals surface area contributed by atoms with Crippen molar-refractivity contribution in [2.24, 2.45) is 0 Å². The van der Waals surface area contributed by atoms with Crippen molar-refractivity contribution in [2.75, 3.05) is 17.5 Å². The van der Waals surface area contributed by atoms with Gasteiger partial charge in [-0.15, -0.1) is 0 Å². The lowest BCUT2D eigenvalue weighted by Crippen LogP contribution is -2.48. The van der Waals surface area contributed by atoms with Crippen LogP contribution in [0, 0.1) is 0 Å². The van der Waals surface area contributed by atoms with Crippen LogP contribution in [0.5, 0.6) is 5.75 Å². The van der Waals surface area contributed by atoms with Crippen LogP contribution in [-0.4, -0.2) is 45.1 Å². The second-order valence-corrected chi connectivity index (χ2v) is 14.3. The zero-order chi connectivity index (χ0) is 34.9. The maximum Gasteiger partial charge on any atom is 0.416 e. The minimum Gasteiger partial charge on any atom is -0.492 e. The van der Waals surface area contributed by atoms with E-state index in [0.717, 1.165) is 22.5 Å². The fourth-order valence-electron chi connectivity index (χ4n) is 5.18. The van der Waals surface area contributed by atoms with Gasteiger partial charge in [-0.25, -0.2) is 13.2 Å². The molecule has 48 heavy (non-hydrogen) atoms. The molecule has 1 N–H and O–H groups in total. The number of carbonyl (C=O) groups is 2. The van der Waals surface area contributed by atoms with E-state index in [4.69, 9.17) is 21.1 Å². The molecule has 4 aromatic carbocycles. The number of nitrogens with zero attached hydrogens (tertiary/aromatic N) is 1. The molecule has 5 rings (SSSR count). The molecule has 4 aromatic rings. The molecule has 1 aliphatic heterocycles. The summed E-state index contributed by atoms with van der Waals surface area (Å²) in [4.78, 5) is 25.5. The fourth-order valence-corrected chi connectivity index (χ4v) is 7.06. The Balaban J connectivity index is 1.28. The van der Waals surface area contributed by atoms with Gasteiger partial charge in [-0.1, -0.05) is 41.9 Å². The van der Waals surface area contributed by atoms with Crippen molar-refractivity contribution in [1.29, 1.82) is 0 Å². The molecule has 0 radical (unpaired) electrons. The Labute approximate surface area is 281 Å². The van der Waals surface area contributed by atoms with Gasteiger partial charge in [-0.2, -0.15) is 13.2 Å². The van der Waals surface area contributed by atoms with E-state index in [1.165, 1.54) is 24.3 Å². The minimum atomic E-state index is -4.58. The van der Waals surface area contributed by atoms with E-state index in [1.54, 1.807) is 69.3 Å². The first-order valence-electron chi connectivity index (χ1n) is 14.9. The second kappa shape index (κ2) is 13.5.